The topological polar surface area (TPSA) is 79.2 Å². The molecule has 1 N–H and O–H groups in total. The van der Waals surface area contributed by atoms with Crippen LogP contribution in [0.15, 0.2) is 22.7 Å². The van der Waals surface area contributed by atoms with Crippen molar-refractivity contribution in [3.05, 3.63) is 28.2 Å². The van der Waals surface area contributed by atoms with E-state index in [1.165, 1.54) is 0 Å². The molecule has 0 aromatic heterocycles. The van der Waals surface area contributed by atoms with Crippen LogP contribution in [0, 0.1) is 11.3 Å². The number of nitrogens with zero attached hydrogens (tertiary/aromatic N) is 1. The molecule has 5 nitrogen and oxygen atoms in total. The van der Waals surface area contributed by atoms with Gasteiger partial charge in [0.25, 0.3) is 0 Å². The summed E-state index contributed by atoms with van der Waals surface area (Å²) in [5.74, 6) is -0.0422. The zero-order chi connectivity index (χ0) is 13.9. The van der Waals surface area contributed by atoms with Crippen molar-refractivity contribution >= 4 is 31.6 Å². The van der Waals surface area contributed by atoms with E-state index >= 15 is 0 Å². The molecule has 7 heteroatoms. The summed E-state index contributed by atoms with van der Waals surface area (Å²) in [6.07, 6.45) is 1.45. The molecule has 19 heavy (non-hydrogen) atoms. The van der Waals surface area contributed by atoms with E-state index in [4.69, 9.17) is 10.00 Å². The van der Waals surface area contributed by atoms with Crippen LogP contribution in [-0.2, 0) is 14.8 Å². The number of sulfonamides is 1. The van der Waals surface area contributed by atoms with Crippen molar-refractivity contribution in [2.75, 3.05) is 17.1 Å². The normalized spacial score (nSPS) is 19.1. The van der Waals surface area contributed by atoms with Gasteiger partial charge in [0.05, 0.1) is 29.2 Å². The van der Waals surface area contributed by atoms with E-state index in [9.17, 15) is 8.42 Å². The second-order valence-corrected chi connectivity index (χ2v) is 6.95. The van der Waals surface area contributed by atoms with Crippen molar-refractivity contribution < 1.29 is 13.2 Å². The van der Waals surface area contributed by atoms with Crippen molar-refractivity contribution in [2.45, 2.75) is 18.9 Å². The van der Waals surface area contributed by atoms with Crippen molar-refractivity contribution in [2.24, 2.45) is 0 Å². The average molecular weight is 345 g/mol. The lowest BCUT2D eigenvalue weighted by atomic mass is 10.2. The van der Waals surface area contributed by atoms with Gasteiger partial charge in [-0.15, -0.1) is 0 Å². The monoisotopic (exact) mass is 344 g/mol. The molecule has 0 radical (unpaired) electrons. The minimum Gasteiger partial charge on any atom is -0.377 e. The van der Waals surface area contributed by atoms with Gasteiger partial charge in [-0.25, -0.2) is 8.42 Å². The molecule has 1 aliphatic rings. The highest BCUT2D eigenvalue weighted by molar-refractivity contribution is 9.10. The van der Waals surface area contributed by atoms with E-state index in [0.717, 1.165) is 12.8 Å². The van der Waals surface area contributed by atoms with Crippen LogP contribution in [0.5, 0.6) is 0 Å². The Labute approximate surface area is 120 Å². The molecular weight excluding hydrogens is 332 g/mol. The Morgan fingerprint density at radius 3 is 2.89 bits per heavy atom. The van der Waals surface area contributed by atoms with E-state index < -0.39 is 10.0 Å². The number of nitriles is 1. The van der Waals surface area contributed by atoms with Crippen molar-refractivity contribution in [1.82, 2.24) is 0 Å². The SMILES string of the molecule is N#Cc1ccc(NS(=O)(=O)CC2CCCO2)c(Br)c1. The minimum absolute atomic E-state index is 0.0422. The number of rotatable bonds is 4. The third-order valence-corrected chi connectivity index (χ3v) is 4.79. The summed E-state index contributed by atoms with van der Waals surface area (Å²) in [5.41, 5.74) is 0.894. The predicted octanol–water partition coefficient (Wildman–Crippen LogP) is 2.24. The first-order chi connectivity index (χ1) is 9.00. The highest BCUT2D eigenvalue weighted by atomic mass is 79.9. The summed E-state index contributed by atoms with van der Waals surface area (Å²) >= 11 is 3.24. The number of anilines is 1. The highest BCUT2D eigenvalue weighted by Crippen LogP contribution is 2.25. The van der Waals surface area contributed by atoms with Gasteiger partial charge in [0.1, 0.15) is 0 Å². The average Bonchev–Trinajstić information content (AvgIpc) is 2.83. The van der Waals surface area contributed by atoms with E-state index in [2.05, 4.69) is 20.7 Å². The van der Waals surface area contributed by atoms with E-state index in [0.29, 0.717) is 22.3 Å². The third kappa shape index (κ3) is 3.93. The zero-order valence-electron chi connectivity index (χ0n) is 10.1. The van der Waals surface area contributed by atoms with Crippen LogP contribution in [0.1, 0.15) is 18.4 Å². The Morgan fingerprint density at radius 2 is 2.32 bits per heavy atom. The summed E-state index contributed by atoms with van der Waals surface area (Å²) in [7, 11) is -3.45. The molecule has 0 amide bonds. The molecule has 102 valence electrons. The Kier molecular flexibility index (Phi) is 4.45. The number of halogens is 1. The molecule has 0 saturated carbocycles. The Hall–Kier alpha value is -1.10. The maximum absolute atomic E-state index is 12.0. The third-order valence-electron chi connectivity index (χ3n) is 2.79. The first-order valence-electron chi connectivity index (χ1n) is 5.82. The molecule has 2 rings (SSSR count). The molecule has 1 fully saturated rings. The van der Waals surface area contributed by atoms with Gasteiger partial charge in [-0.2, -0.15) is 5.26 Å². The molecule has 0 spiro atoms. The molecule has 0 aliphatic carbocycles. The zero-order valence-corrected chi connectivity index (χ0v) is 12.5. The fourth-order valence-corrected chi connectivity index (χ4v) is 3.86. The van der Waals surface area contributed by atoms with Gasteiger partial charge in [0.2, 0.25) is 10.0 Å². The summed E-state index contributed by atoms with van der Waals surface area (Å²) in [6.45, 7) is 0.626. The van der Waals surface area contributed by atoms with Crippen LogP contribution < -0.4 is 4.72 Å². The lowest BCUT2D eigenvalue weighted by molar-refractivity contribution is 0.127. The van der Waals surface area contributed by atoms with Gasteiger partial charge in [0.15, 0.2) is 0 Å². The van der Waals surface area contributed by atoms with Crippen molar-refractivity contribution in [3.8, 4) is 6.07 Å². The van der Waals surface area contributed by atoms with Crippen LogP contribution in [0.4, 0.5) is 5.69 Å². The fourth-order valence-electron chi connectivity index (χ4n) is 1.90. The lowest BCUT2D eigenvalue weighted by Crippen LogP contribution is -2.25. The van der Waals surface area contributed by atoms with E-state index in [1.54, 1.807) is 18.2 Å². The molecule has 1 saturated heterocycles. The predicted molar refractivity (Wildman–Crippen MR) is 75.2 cm³/mol. The lowest BCUT2D eigenvalue weighted by Gasteiger charge is -2.13. The maximum Gasteiger partial charge on any atom is 0.235 e. The smallest absolute Gasteiger partial charge is 0.235 e. The maximum atomic E-state index is 12.0. The molecule has 1 unspecified atom stereocenters. The second kappa shape index (κ2) is 5.90. The molecule has 1 atom stereocenters. The van der Waals surface area contributed by atoms with Crippen molar-refractivity contribution in [3.63, 3.8) is 0 Å². The van der Waals surface area contributed by atoms with Crippen LogP contribution in [0.3, 0.4) is 0 Å². The van der Waals surface area contributed by atoms with Crippen LogP contribution >= 0.6 is 15.9 Å². The summed E-state index contributed by atoms with van der Waals surface area (Å²) < 4.78 is 32.3. The minimum atomic E-state index is -3.45. The quantitative estimate of drug-likeness (QED) is 0.908. The van der Waals surface area contributed by atoms with E-state index in [-0.39, 0.29) is 11.9 Å². The molecule has 1 aliphatic heterocycles. The summed E-state index contributed by atoms with van der Waals surface area (Å²) in [4.78, 5) is 0. The second-order valence-electron chi connectivity index (χ2n) is 4.32. The Balaban J connectivity index is 2.09. The number of hydrogen-bond acceptors (Lipinski definition) is 4. The van der Waals surface area contributed by atoms with E-state index in [1.807, 2.05) is 6.07 Å². The summed E-state index contributed by atoms with van der Waals surface area (Å²) in [6, 6.07) is 6.69. The van der Waals surface area contributed by atoms with Crippen LogP contribution in [0.2, 0.25) is 0 Å². The standard InChI is InChI=1S/C12H13BrN2O3S/c13-11-6-9(7-14)3-4-12(11)15-19(16,17)8-10-2-1-5-18-10/h3-4,6,10,15H,1-2,5,8H2. The molecule has 1 aromatic carbocycles. The first kappa shape index (κ1) is 14.3. The fraction of sp³-hybridized carbons (Fsp3) is 0.417. The Morgan fingerprint density at radius 1 is 1.53 bits per heavy atom. The van der Waals surface area contributed by atoms with Gasteiger partial charge in [-0.05, 0) is 47.0 Å². The molecule has 0 bridgehead atoms. The molecule has 1 aromatic rings. The van der Waals surface area contributed by atoms with Crippen LogP contribution in [0.25, 0.3) is 0 Å². The largest absolute Gasteiger partial charge is 0.377 e. The van der Waals surface area contributed by atoms with Gasteiger partial charge in [0, 0.05) is 11.1 Å². The highest BCUT2D eigenvalue weighted by Gasteiger charge is 2.23. The van der Waals surface area contributed by atoms with Gasteiger partial charge in [-0.1, -0.05) is 0 Å². The Bertz CT molecular complexity index is 604. The van der Waals surface area contributed by atoms with Crippen molar-refractivity contribution in [1.29, 1.82) is 5.26 Å². The number of benzene rings is 1. The molecular formula is C12H13BrN2O3S. The number of ether oxygens (including phenoxy) is 1. The number of nitrogens with one attached hydrogen (secondary N) is 1. The van der Waals surface area contributed by atoms with Gasteiger partial charge < -0.3 is 4.74 Å². The van der Waals surface area contributed by atoms with Crippen LogP contribution in [-0.4, -0.2) is 26.9 Å². The summed E-state index contributed by atoms with van der Waals surface area (Å²) in [5, 5.41) is 8.75. The number of hydrogen-bond donors (Lipinski definition) is 1. The van der Waals surface area contributed by atoms with Gasteiger partial charge >= 0.3 is 0 Å². The molecule has 1 heterocycles. The van der Waals surface area contributed by atoms with Gasteiger partial charge in [-0.3, -0.25) is 4.72 Å². The first-order valence-corrected chi connectivity index (χ1v) is 8.26.